The lowest BCUT2D eigenvalue weighted by atomic mass is 9.78. The van der Waals surface area contributed by atoms with Gasteiger partial charge in [-0.05, 0) is 31.2 Å². The maximum atomic E-state index is 12.7. The first-order chi connectivity index (χ1) is 10.2. The number of ether oxygens (including phenoxy) is 2. The Balaban J connectivity index is 1.71. The van der Waals surface area contributed by atoms with Crippen LogP contribution < -0.4 is 5.73 Å². The van der Waals surface area contributed by atoms with E-state index in [1.54, 1.807) is 0 Å². The number of nitrogens with two attached hydrogens (primary N) is 1. The molecule has 2 fully saturated rings. The van der Waals surface area contributed by atoms with Crippen LogP contribution in [0.5, 0.6) is 0 Å². The van der Waals surface area contributed by atoms with E-state index in [1.165, 1.54) is 0 Å². The molecule has 0 saturated carbocycles. The molecule has 2 N–H and O–H groups in total. The molecule has 3 rings (SSSR count). The molecule has 114 valence electrons. The fraction of sp³-hybridized carbons (Fsp3) is 0.588. The Morgan fingerprint density at radius 1 is 1.19 bits per heavy atom. The smallest absolute Gasteiger partial charge is 0.166 e. The van der Waals surface area contributed by atoms with Gasteiger partial charge in [0.05, 0.1) is 5.60 Å². The van der Waals surface area contributed by atoms with E-state index in [0.29, 0.717) is 13.2 Å². The van der Waals surface area contributed by atoms with Crippen LogP contribution in [0.3, 0.4) is 0 Å². The van der Waals surface area contributed by atoms with Crippen LogP contribution in [0.15, 0.2) is 24.3 Å². The second-order valence-electron chi connectivity index (χ2n) is 6.10. The number of carbonyl (C=O) groups is 1. The molecule has 2 saturated heterocycles. The minimum Gasteiger partial charge on any atom is -0.381 e. The molecule has 1 aromatic rings. The van der Waals surface area contributed by atoms with E-state index in [1.807, 2.05) is 24.3 Å². The van der Waals surface area contributed by atoms with Crippen LogP contribution in [0.4, 0.5) is 0 Å². The Morgan fingerprint density at radius 2 is 1.90 bits per heavy atom. The summed E-state index contributed by atoms with van der Waals surface area (Å²) in [7, 11) is 0. The monoisotopic (exact) mass is 289 g/mol. The SMILES string of the molecule is NCc1ccc(C(=O)C2CCOC3(CCOCC3)C2)cc1. The summed E-state index contributed by atoms with van der Waals surface area (Å²) in [5.74, 6) is 0.313. The van der Waals surface area contributed by atoms with Gasteiger partial charge in [0.15, 0.2) is 5.78 Å². The zero-order chi connectivity index (χ0) is 14.7. The van der Waals surface area contributed by atoms with Crippen molar-refractivity contribution in [1.29, 1.82) is 0 Å². The number of ketones is 1. The first kappa shape index (κ1) is 14.7. The van der Waals surface area contributed by atoms with Gasteiger partial charge in [-0.15, -0.1) is 0 Å². The Bertz CT molecular complexity index is 486. The van der Waals surface area contributed by atoms with Crippen molar-refractivity contribution in [2.45, 2.75) is 37.8 Å². The van der Waals surface area contributed by atoms with Crippen molar-refractivity contribution in [3.63, 3.8) is 0 Å². The van der Waals surface area contributed by atoms with E-state index in [2.05, 4.69) is 0 Å². The van der Waals surface area contributed by atoms with E-state index in [-0.39, 0.29) is 17.3 Å². The molecule has 21 heavy (non-hydrogen) atoms. The highest BCUT2D eigenvalue weighted by molar-refractivity contribution is 5.98. The normalized spacial score (nSPS) is 24.9. The van der Waals surface area contributed by atoms with Crippen LogP contribution in [0.2, 0.25) is 0 Å². The molecule has 4 nitrogen and oxygen atoms in total. The lowest BCUT2D eigenvalue weighted by Gasteiger charge is -2.42. The zero-order valence-corrected chi connectivity index (χ0v) is 12.3. The molecular formula is C17H23NO3. The maximum absolute atomic E-state index is 12.7. The van der Waals surface area contributed by atoms with Gasteiger partial charge in [-0.25, -0.2) is 0 Å². The molecule has 0 radical (unpaired) electrons. The molecule has 1 unspecified atom stereocenters. The quantitative estimate of drug-likeness (QED) is 0.867. The lowest BCUT2D eigenvalue weighted by molar-refractivity contribution is -0.142. The van der Waals surface area contributed by atoms with Crippen molar-refractivity contribution in [1.82, 2.24) is 0 Å². The summed E-state index contributed by atoms with van der Waals surface area (Å²) >= 11 is 0. The summed E-state index contributed by atoms with van der Waals surface area (Å²) in [5, 5.41) is 0. The van der Waals surface area contributed by atoms with Crippen LogP contribution in [-0.2, 0) is 16.0 Å². The molecular weight excluding hydrogens is 266 g/mol. The fourth-order valence-corrected chi connectivity index (χ4v) is 3.38. The largest absolute Gasteiger partial charge is 0.381 e. The number of hydrogen-bond donors (Lipinski definition) is 1. The highest BCUT2D eigenvalue weighted by atomic mass is 16.5. The van der Waals surface area contributed by atoms with Gasteiger partial charge in [0.2, 0.25) is 0 Å². The third-order valence-electron chi connectivity index (χ3n) is 4.74. The molecule has 0 bridgehead atoms. The van der Waals surface area contributed by atoms with Gasteiger partial charge < -0.3 is 15.2 Å². The summed E-state index contributed by atoms with van der Waals surface area (Å²) < 4.78 is 11.4. The van der Waals surface area contributed by atoms with E-state index >= 15 is 0 Å². The van der Waals surface area contributed by atoms with Gasteiger partial charge in [-0.2, -0.15) is 0 Å². The van der Waals surface area contributed by atoms with Crippen molar-refractivity contribution in [2.75, 3.05) is 19.8 Å². The average Bonchev–Trinajstić information content (AvgIpc) is 2.55. The Hall–Kier alpha value is -1.23. The number of benzene rings is 1. The first-order valence-electron chi connectivity index (χ1n) is 7.77. The van der Waals surface area contributed by atoms with Gasteiger partial charge in [-0.3, -0.25) is 4.79 Å². The minimum absolute atomic E-state index is 0.0700. The Kier molecular flexibility index (Phi) is 4.38. The predicted molar refractivity (Wildman–Crippen MR) is 80.1 cm³/mol. The second kappa shape index (κ2) is 6.26. The molecule has 1 aromatic carbocycles. The molecule has 0 aliphatic carbocycles. The molecule has 0 aromatic heterocycles. The summed E-state index contributed by atoms with van der Waals surface area (Å²) in [6.07, 6.45) is 3.46. The van der Waals surface area contributed by atoms with Crippen molar-refractivity contribution < 1.29 is 14.3 Å². The average molecular weight is 289 g/mol. The van der Waals surface area contributed by atoms with Crippen LogP contribution in [0.1, 0.15) is 41.6 Å². The molecule has 0 amide bonds. The van der Waals surface area contributed by atoms with E-state index in [0.717, 1.165) is 50.0 Å². The van der Waals surface area contributed by atoms with Gasteiger partial charge in [0.25, 0.3) is 0 Å². The Labute approximate surface area is 125 Å². The van der Waals surface area contributed by atoms with Crippen LogP contribution in [-0.4, -0.2) is 31.2 Å². The number of Topliss-reactive ketones (excluding diaryl/α,β-unsaturated/α-hetero) is 1. The molecule has 4 heteroatoms. The van der Waals surface area contributed by atoms with Gasteiger partial charge in [0.1, 0.15) is 0 Å². The summed E-state index contributed by atoms with van der Waals surface area (Å²) in [5.41, 5.74) is 7.32. The predicted octanol–water partition coefficient (Wildman–Crippen LogP) is 2.30. The van der Waals surface area contributed by atoms with Gasteiger partial charge in [-0.1, -0.05) is 24.3 Å². The molecule has 1 atom stereocenters. The van der Waals surface area contributed by atoms with Crippen molar-refractivity contribution in [2.24, 2.45) is 11.7 Å². The number of rotatable bonds is 3. The lowest BCUT2D eigenvalue weighted by Crippen LogP contribution is -2.45. The number of carbonyl (C=O) groups excluding carboxylic acids is 1. The molecule has 2 aliphatic rings. The van der Waals surface area contributed by atoms with Crippen molar-refractivity contribution in [3.8, 4) is 0 Å². The fourth-order valence-electron chi connectivity index (χ4n) is 3.38. The van der Waals surface area contributed by atoms with Crippen molar-refractivity contribution >= 4 is 5.78 Å². The van der Waals surface area contributed by atoms with Gasteiger partial charge >= 0.3 is 0 Å². The van der Waals surface area contributed by atoms with Gasteiger partial charge in [0, 0.05) is 37.8 Å². The first-order valence-corrected chi connectivity index (χ1v) is 7.77. The summed E-state index contributed by atoms with van der Waals surface area (Å²) in [4.78, 5) is 12.7. The molecule has 2 aliphatic heterocycles. The molecule has 1 spiro atoms. The van der Waals surface area contributed by atoms with E-state index < -0.39 is 0 Å². The zero-order valence-electron chi connectivity index (χ0n) is 12.3. The third-order valence-corrected chi connectivity index (χ3v) is 4.74. The Morgan fingerprint density at radius 3 is 2.57 bits per heavy atom. The topological polar surface area (TPSA) is 61.6 Å². The summed E-state index contributed by atoms with van der Waals surface area (Å²) in [6, 6.07) is 7.68. The highest BCUT2D eigenvalue weighted by Gasteiger charge is 2.41. The minimum atomic E-state index is -0.131. The van der Waals surface area contributed by atoms with Crippen molar-refractivity contribution in [3.05, 3.63) is 35.4 Å². The number of hydrogen-bond acceptors (Lipinski definition) is 4. The maximum Gasteiger partial charge on any atom is 0.166 e. The van der Waals surface area contributed by atoms with Crippen LogP contribution in [0, 0.1) is 5.92 Å². The molecule has 2 heterocycles. The van der Waals surface area contributed by atoms with E-state index in [9.17, 15) is 4.79 Å². The second-order valence-corrected chi connectivity index (χ2v) is 6.10. The third kappa shape index (κ3) is 3.18. The van der Waals surface area contributed by atoms with Crippen LogP contribution >= 0.6 is 0 Å². The highest BCUT2D eigenvalue weighted by Crippen LogP contribution is 2.38. The summed E-state index contributed by atoms with van der Waals surface area (Å²) in [6.45, 7) is 2.67. The van der Waals surface area contributed by atoms with E-state index in [4.69, 9.17) is 15.2 Å². The standard InChI is InChI=1S/C17H23NO3/c18-12-13-1-3-14(4-2-13)16(19)15-5-8-21-17(11-15)6-9-20-10-7-17/h1-4,15H,5-12,18H2. The van der Waals surface area contributed by atoms with Crippen LogP contribution in [0.25, 0.3) is 0 Å².